The van der Waals surface area contributed by atoms with Crippen LogP contribution in [0.15, 0.2) is 24.4 Å². The molecule has 1 saturated carbocycles. The summed E-state index contributed by atoms with van der Waals surface area (Å²) < 4.78 is 0. The number of aromatic nitrogens is 1. The lowest BCUT2D eigenvalue weighted by Crippen LogP contribution is -2.53. The van der Waals surface area contributed by atoms with Gasteiger partial charge in [-0.05, 0) is 50.7 Å². The van der Waals surface area contributed by atoms with Crippen molar-refractivity contribution in [1.29, 1.82) is 0 Å². The minimum atomic E-state index is -0.304. The summed E-state index contributed by atoms with van der Waals surface area (Å²) in [5, 5.41) is 0. The van der Waals surface area contributed by atoms with Crippen LogP contribution in [0.3, 0.4) is 0 Å². The van der Waals surface area contributed by atoms with Gasteiger partial charge in [0, 0.05) is 44.0 Å². The Morgan fingerprint density at radius 3 is 2.77 bits per heavy atom. The third-order valence-corrected chi connectivity index (χ3v) is 6.56. The molecule has 0 aromatic carbocycles. The van der Waals surface area contributed by atoms with Crippen LogP contribution in [0.25, 0.3) is 0 Å². The first-order valence-electron chi connectivity index (χ1n) is 10.2. The Labute approximate surface area is 155 Å². The molecule has 1 aromatic rings. The van der Waals surface area contributed by atoms with E-state index in [9.17, 15) is 9.59 Å². The standard InChI is InChI=1S/C21H29N3O2/c25-19(10-9-17-6-3-4-13-22-17)23-15-12-21(16-23)11-5-14-24(20(21)26)18-7-1-2-8-18/h3-4,6,13,18H,1-2,5,7-12,14-16H2/t21-/m1/s1. The predicted molar refractivity (Wildman–Crippen MR) is 99.4 cm³/mol. The molecule has 0 N–H and O–H groups in total. The highest BCUT2D eigenvalue weighted by atomic mass is 16.2. The van der Waals surface area contributed by atoms with Gasteiger partial charge in [0.25, 0.3) is 0 Å². The van der Waals surface area contributed by atoms with Crippen molar-refractivity contribution in [3.8, 4) is 0 Å². The van der Waals surface area contributed by atoms with Crippen molar-refractivity contribution < 1.29 is 9.59 Å². The lowest BCUT2D eigenvalue weighted by atomic mass is 9.77. The summed E-state index contributed by atoms with van der Waals surface area (Å²) in [6, 6.07) is 6.26. The van der Waals surface area contributed by atoms with Crippen molar-refractivity contribution in [2.24, 2.45) is 5.41 Å². The Morgan fingerprint density at radius 2 is 2.00 bits per heavy atom. The van der Waals surface area contributed by atoms with Gasteiger partial charge in [-0.3, -0.25) is 14.6 Å². The minimum Gasteiger partial charge on any atom is -0.342 e. The molecule has 2 saturated heterocycles. The molecular formula is C21H29N3O2. The summed E-state index contributed by atoms with van der Waals surface area (Å²) in [6.07, 6.45) is 10.6. The molecule has 0 unspecified atom stereocenters. The Bertz CT molecular complexity index is 656. The fourth-order valence-corrected chi connectivity index (χ4v) is 5.07. The van der Waals surface area contributed by atoms with E-state index in [2.05, 4.69) is 9.88 Å². The van der Waals surface area contributed by atoms with Crippen LogP contribution in [0.5, 0.6) is 0 Å². The van der Waals surface area contributed by atoms with Crippen molar-refractivity contribution in [2.75, 3.05) is 19.6 Å². The normalized spacial score (nSPS) is 26.8. The molecule has 5 nitrogen and oxygen atoms in total. The van der Waals surface area contributed by atoms with E-state index in [1.54, 1.807) is 6.20 Å². The molecule has 3 fully saturated rings. The van der Waals surface area contributed by atoms with Gasteiger partial charge in [0.2, 0.25) is 11.8 Å². The number of hydrogen-bond donors (Lipinski definition) is 0. The van der Waals surface area contributed by atoms with E-state index in [0.717, 1.165) is 50.9 Å². The van der Waals surface area contributed by atoms with Crippen LogP contribution in [0.2, 0.25) is 0 Å². The molecule has 1 spiro atoms. The summed E-state index contributed by atoms with van der Waals surface area (Å²) in [5.74, 6) is 0.494. The van der Waals surface area contributed by atoms with Gasteiger partial charge in [-0.2, -0.15) is 0 Å². The highest BCUT2D eigenvalue weighted by Crippen LogP contribution is 2.42. The molecule has 2 amide bonds. The SMILES string of the molecule is O=C(CCc1ccccn1)N1CC[C@]2(CCCN(C3CCCC3)C2=O)C1. The Morgan fingerprint density at radius 1 is 1.15 bits per heavy atom. The first kappa shape index (κ1) is 17.5. The molecule has 2 aliphatic heterocycles. The number of hydrogen-bond acceptors (Lipinski definition) is 3. The van der Waals surface area contributed by atoms with Gasteiger partial charge < -0.3 is 9.80 Å². The number of rotatable bonds is 4. The van der Waals surface area contributed by atoms with E-state index >= 15 is 0 Å². The van der Waals surface area contributed by atoms with Gasteiger partial charge in [-0.15, -0.1) is 0 Å². The fraction of sp³-hybridized carbons (Fsp3) is 0.667. The number of carbonyl (C=O) groups excluding carboxylic acids is 2. The number of amides is 2. The first-order valence-corrected chi connectivity index (χ1v) is 10.2. The Hall–Kier alpha value is -1.91. The second-order valence-corrected chi connectivity index (χ2v) is 8.21. The van der Waals surface area contributed by atoms with E-state index in [4.69, 9.17) is 0 Å². The lowest BCUT2D eigenvalue weighted by molar-refractivity contribution is -0.148. The molecule has 26 heavy (non-hydrogen) atoms. The van der Waals surface area contributed by atoms with Crippen molar-refractivity contribution >= 4 is 11.8 Å². The lowest BCUT2D eigenvalue weighted by Gasteiger charge is -2.42. The largest absolute Gasteiger partial charge is 0.342 e. The number of likely N-dealkylation sites (tertiary alicyclic amines) is 2. The summed E-state index contributed by atoms with van der Waals surface area (Å²) in [7, 11) is 0. The van der Waals surface area contributed by atoms with Gasteiger partial charge >= 0.3 is 0 Å². The minimum absolute atomic E-state index is 0.165. The van der Waals surface area contributed by atoms with Crippen molar-refractivity contribution in [1.82, 2.24) is 14.8 Å². The monoisotopic (exact) mass is 355 g/mol. The van der Waals surface area contributed by atoms with Crippen LogP contribution in [0, 0.1) is 5.41 Å². The van der Waals surface area contributed by atoms with Crippen LogP contribution < -0.4 is 0 Å². The van der Waals surface area contributed by atoms with Crippen LogP contribution in [0.4, 0.5) is 0 Å². The average molecular weight is 355 g/mol. The number of pyridine rings is 1. The Balaban J connectivity index is 1.37. The predicted octanol–water partition coefficient (Wildman–Crippen LogP) is 2.80. The highest BCUT2D eigenvalue weighted by Gasteiger charge is 2.50. The van der Waals surface area contributed by atoms with Crippen LogP contribution in [-0.4, -0.2) is 52.3 Å². The maximum Gasteiger partial charge on any atom is 0.230 e. The molecule has 3 heterocycles. The van der Waals surface area contributed by atoms with E-state index in [-0.39, 0.29) is 11.3 Å². The molecule has 0 radical (unpaired) electrons. The zero-order valence-corrected chi connectivity index (χ0v) is 15.5. The first-order chi connectivity index (χ1) is 12.7. The van der Waals surface area contributed by atoms with Crippen LogP contribution in [0.1, 0.15) is 57.1 Å². The maximum atomic E-state index is 13.3. The maximum absolute atomic E-state index is 13.3. The molecular weight excluding hydrogens is 326 g/mol. The van der Waals surface area contributed by atoms with E-state index in [0.29, 0.717) is 31.3 Å². The molecule has 1 aromatic heterocycles. The van der Waals surface area contributed by atoms with Gasteiger partial charge in [-0.25, -0.2) is 0 Å². The second kappa shape index (κ2) is 7.37. The topological polar surface area (TPSA) is 53.5 Å². The Kier molecular flexibility index (Phi) is 4.96. The fourth-order valence-electron chi connectivity index (χ4n) is 5.07. The summed E-state index contributed by atoms with van der Waals surface area (Å²) >= 11 is 0. The van der Waals surface area contributed by atoms with Gasteiger partial charge in [0.05, 0.1) is 5.41 Å². The molecule has 1 aliphatic carbocycles. The van der Waals surface area contributed by atoms with E-state index in [1.807, 2.05) is 23.1 Å². The smallest absolute Gasteiger partial charge is 0.230 e. The molecule has 140 valence electrons. The van der Waals surface area contributed by atoms with E-state index < -0.39 is 0 Å². The average Bonchev–Trinajstić information content (AvgIpc) is 3.34. The second-order valence-electron chi connectivity index (χ2n) is 8.21. The molecule has 5 heteroatoms. The zero-order valence-electron chi connectivity index (χ0n) is 15.5. The van der Waals surface area contributed by atoms with Crippen LogP contribution >= 0.6 is 0 Å². The molecule has 1 atom stereocenters. The van der Waals surface area contributed by atoms with E-state index in [1.165, 1.54) is 12.8 Å². The van der Waals surface area contributed by atoms with Crippen molar-refractivity contribution in [2.45, 2.75) is 63.8 Å². The summed E-state index contributed by atoms with van der Waals surface area (Å²) in [6.45, 7) is 2.26. The number of aryl methyl sites for hydroxylation is 1. The zero-order chi connectivity index (χ0) is 18.0. The molecule has 3 aliphatic rings. The number of carbonyl (C=O) groups is 2. The highest BCUT2D eigenvalue weighted by molar-refractivity contribution is 5.86. The number of nitrogens with zero attached hydrogens (tertiary/aromatic N) is 3. The summed E-state index contributed by atoms with van der Waals surface area (Å²) in [4.78, 5) is 34.3. The summed E-state index contributed by atoms with van der Waals surface area (Å²) in [5.41, 5.74) is 0.650. The van der Waals surface area contributed by atoms with Gasteiger partial charge in [0.1, 0.15) is 0 Å². The number of piperidine rings is 1. The molecule has 4 rings (SSSR count). The quantitative estimate of drug-likeness (QED) is 0.834. The van der Waals surface area contributed by atoms with Crippen molar-refractivity contribution in [3.63, 3.8) is 0 Å². The third kappa shape index (κ3) is 3.36. The van der Waals surface area contributed by atoms with Crippen molar-refractivity contribution in [3.05, 3.63) is 30.1 Å². The molecule has 0 bridgehead atoms. The van der Waals surface area contributed by atoms with Crippen LogP contribution in [-0.2, 0) is 16.0 Å². The van der Waals surface area contributed by atoms with Gasteiger partial charge in [-0.1, -0.05) is 18.9 Å². The third-order valence-electron chi connectivity index (χ3n) is 6.56. The van der Waals surface area contributed by atoms with Gasteiger partial charge in [0.15, 0.2) is 0 Å².